The molecule has 0 unspecified atom stereocenters. The van der Waals surface area contributed by atoms with Gasteiger partial charge in [0.2, 0.25) is 0 Å². The average molecular weight is 389 g/mol. The quantitative estimate of drug-likeness (QED) is 0.435. The first kappa shape index (κ1) is 19.2. The van der Waals surface area contributed by atoms with E-state index in [2.05, 4.69) is 10.6 Å². The van der Waals surface area contributed by atoms with Crippen LogP contribution in [0.5, 0.6) is 0 Å². The molecule has 138 valence electrons. The predicted molar refractivity (Wildman–Crippen MR) is 109 cm³/mol. The molecule has 0 aromatic heterocycles. The molecule has 0 heterocycles. The molecule has 0 bridgehead atoms. The number of para-hydroxylation sites is 2. The van der Waals surface area contributed by atoms with Gasteiger partial charge in [-0.05, 0) is 36.4 Å². The number of rotatable bonds is 6. The molecule has 0 aliphatic carbocycles. The van der Waals surface area contributed by atoms with Crippen LogP contribution in [0.1, 0.15) is 0 Å². The molecule has 3 rings (SSSR count). The van der Waals surface area contributed by atoms with Crippen molar-refractivity contribution in [1.29, 1.82) is 5.26 Å². The van der Waals surface area contributed by atoms with E-state index < -0.39 is 11.7 Å². The molecule has 0 atom stereocenters. The van der Waals surface area contributed by atoms with Gasteiger partial charge >= 0.3 is 0 Å². The lowest BCUT2D eigenvalue weighted by Gasteiger charge is -2.10. The van der Waals surface area contributed by atoms with Crippen LogP contribution in [-0.2, 0) is 4.79 Å². The van der Waals surface area contributed by atoms with E-state index in [0.717, 1.165) is 9.79 Å². The second-order valence-electron chi connectivity index (χ2n) is 5.66. The van der Waals surface area contributed by atoms with E-state index in [9.17, 15) is 14.4 Å². The number of nitriles is 1. The van der Waals surface area contributed by atoms with Gasteiger partial charge in [-0.2, -0.15) is 5.26 Å². The van der Waals surface area contributed by atoms with E-state index in [4.69, 9.17) is 0 Å². The van der Waals surface area contributed by atoms with E-state index in [0.29, 0.717) is 5.69 Å². The van der Waals surface area contributed by atoms with Crippen LogP contribution in [0.4, 0.5) is 15.8 Å². The molecule has 0 aliphatic rings. The first-order chi connectivity index (χ1) is 13.7. The fourth-order valence-electron chi connectivity index (χ4n) is 2.34. The number of carbonyl (C=O) groups excluding carboxylic acids is 1. The molecule has 2 N–H and O–H groups in total. The maximum Gasteiger partial charge on any atom is 0.267 e. The summed E-state index contributed by atoms with van der Waals surface area (Å²) in [4.78, 5) is 14.4. The molecule has 0 aliphatic heterocycles. The molecule has 4 nitrogen and oxygen atoms in total. The fourth-order valence-corrected chi connectivity index (χ4v) is 3.26. The van der Waals surface area contributed by atoms with Gasteiger partial charge < -0.3 is 10.6 Å². The Bertz CT molecular complexity index is 1040. The van der Waals surface area contributed by atoms with E-state index in [1.807, 2.05) is 48.5 Å². The lowest BCUT2D eigenvalue weighted by atomic mass is 10.2. The minimum Gasteiger partial charge on any atom is -0.358 e. The fraction of sp³-hybridized carbons (Fsp3) is 0. The van der Waals surface area contributed by atoms with Crippen molar-refractivity contribution in [2.45, 2.75) is 9.79 Å². The molecule has 0 radical (unpaired) electrons. The van der Waals surface area contributed by atoms with Crippen molar-refractivity contribution in [1.82, 2.24) is 0 Å². The number of nitrogens with zero attached hydrogens (tertiary/aromatic N) is 1. The predicted octanol–water partition coefficient (Wildman–Crippen LogP) is 5.43. The van der Waals surface area contributed by atoms with Crippen molar-refractivity contribution >= 4 is 29.0 Å². The summed E-state index contributed by atoms with van der Waals surface area (Å²) in [5, 5.41) is 14.7. The number of hydrogen-bond donors (Lipinski definition) is 2. The highest BCUT2D eigenvalue weighted by atomic mass is 32.2. The van der Waals surface area contributed by atoms with Crippen LogP contribution in [0.3, 0.4) is 0 Å². The summed E-state index contributed by atoms with van der Waals surface area (Å²) in [5.74, 6) is -1.05. The second-order valence-corrected chi connectivity index (χ2v) is 6.77. The van der Waals surface area contributed by atoms with Gasteiger partial charge in [0.1, 0.15) is 17.5 Å². The van der Waals surface area contributed by atoms with Crippen molar-refractivity contribution in [2.75, 3.05) is 10.6 Å². The van der Waals surface area contributed by atoms with Gasteiger partial charge in [-0.25, -0.2) is 4.39 Å². The minimum atomic E-state index is -0.576. The van der Waals surface area contributed by atoms with Gasteiger partial charge in [0.05, 0.1) is 11.4 Å². The summed E-state index contributed by atoms with van der Waals surface area (Å²) >= 11 is 1.51. The summed E-state index contributed by atoms with van der Waals surface area (Å²) < 4.78 is 13.7. The topological polar surface area (TPSA) is 64.9 Å². The standard InChI is InChI=1S/C22H16FN3OS/c23-18-10-4-5-11-19(18)25-15-16(14-24)22(27)26-20-12-6-7-13-21(20)28-17-8-2-1-3-9-17/h1-13,15,25H,(H,26,27)/b16-15-. The summed E-state index contributed by atoms with van der Waals surface area (Å²) in [5.41, 5.74) is 0.610. The lowest BCUT2D eigenvalue weighted by molar-refractivity contribution is -0.112. The maximum atomic E-state index is 13.7. The zero-order valence-corrected chi connectivity index (χ0v) is 15.5. The SMILES string of the molecule is N#C/C(=C/Nc1ccccc1F)C(=O)Nc1ccccc1Sc1ccccc1. The van der Waals surface area contributed by atoms with Gasteiger partial charge in [0.25, 0.3) is 5.91 Å². The highest BCUT2D eigenvalue weighted by molar-refractivity contribution is 7.99. The van der Waals surface area contributed by atoms with Crippen LogP contribution in [0, 0.1) is 17.1 Å². The average Bonchev–Trinajstić information content (AvgIpc) is 2.72. The molecule has 0 saturated carbocycles. The Labute approximate surface area is 166 Å². The third-order valence-electron chi connectivity index (χ3n) is 3.72. The first-order valence-corrected chi connectivity index (χ1v) is 9.23. The Morgan fingerprint density at radius 2 is 1.57 bits per heavy atom. The number of carbonyl (C=O) groups is 1. The lowest BCUT2D eigenvalue weighted by Crippen LogP contribution is -2.15. The van der Waals surface area contributed by atoms with Gasteiger partial charge in [0, 0.05) is 16.0 Å². The number of hydrogen-bond acceptors (Lipinski definition) is 4. The maximum absolute atomic E-state index is 13.7. The van der Waals surface area contributed by atoms with Crippen molar-refractivity contribution in [2.24, 2.45) is 0 Å². The van der Waals surface area contributed by atoms with Gasteiger partial charge in [-0.3, -0.25) is 4.79 Å². The number of anilines is 2. The molecule has 0 spiro atoms. The summed E-state index contributed by atoms with van der Waals surface area (Å²) in [6.45, 7) is 0. The number of nitrogens with one attached hydrogen (secondary N) is 2. The molecular weight excluding hydrogens is 373 g/mol. The molecule has 0 fully saturated rings. The zero-order chi connectivity index (χ0) is 19.8. The molecule has 3 aromatic carbocycles. The molecular formula is C22H16FN3OS. The smallest absolute Gasteiger partial charge is 0.267 e. The van der Waals surface area contributed by atoms with Crippen molar-refractivity contribution in [3.05, 3.63) is 96.5 Å². The zero-order valence-electron chi connectivity index (χ0n) is 14.7. The third kappa shape index (κ3) is 5.00. The van der Waals surface area contributed by atoms with Gasteiger partial charge in [-0.1, -0.05) is 54.2 Å². The van der Waals surface area contributed by atoms with Crippen LogP contribution in [0.25, 0.3) is 0 Å². The monoisotopic (exact) mass is 389 g/mol. The molecule has 0 saturated heterocycles. The van der Waals surface area contributed by atoms with E-state index >= 15 is 0 Å². The van der Waals surface area contributed by atoms with E-state index in [1.54, 1.807) is 24.3 Å². The number of halogens is 1. The third-order valence-corrected chi connectivity index (χ3v) is 4.80. The summed E-state index contributed by atoms with van der Waals surface area (Å²) in [7, 11) is 0. The van der Waals surface area contributed by atoms with E-state index in [-0.39, 0.29) is 11.3 Å². The molecule has 28 heavy (non-hydrogen) atoms. The molecule has 6 heteroatoms. The highest BCUT2D eigenvalue weighted by Gasteiger charge is 2.12. The van der Waals surface area contributed by atoms with Gasteiger partial charge in [-0.15, -0.1) is 0 Å². The van der Waals surface area contributed by atoms with Gasteiger partial charge in [0.15, 0.2) is 0 Å². The Morgan fingerprint density at radius 3 is 2.29 bits per heavy atom. The summed E-state index contributed by atoms with van der Waals surface area (Å²) in [6, 6.07) is 25.0. The molecule has 1 amide bonds. The first-order valence-electron chi connectivity index (χ1n) is 8.42. The van der Waals surface area contributed by atoms with Crippen molar-refractivity contribution < 1.29 is 9.18 Å². The second kappa shape index (κ2) is 9.40. The highest BCUT2D eigenvalue weighted by Crippen LogP contribution is 2.33. The van der Waals surface area contributed by atoms with Crippen LogP contribution in [0.15, 0.2) is 100 Å². The Kier molecular flexibility index (Phi) is 6.45. The van der Waals surface area contributed by atoms with Crippen LogP contribution in [0.2, 0.25) is 0 Å². The van der Waals surface area contributed by atoms with Crippen molar-refractivity contribution in [3.63, 3.8) is 0 Å². The van der Waals surface area contributed by atoms with Crippen LogP contribution in [-0.4, -0.2) is 5.91 Å². The Morgan fingerprint density at radius 1 is 0.929 bits per heavy atom. The Hall–Kier alpha value is -3.56. The number of benzene rings is 3. The minimum absolute atomic E-state index is 0.164. The van der Waals surface area contributed by atoms with E-state index in [1.165, 1.54) is 30.1 Å². The van der Waals surface area contributed by atoms with Crippen LogP contribution < -0.4 is 10.6 Å². The largest absolute Gasteiger partial charge is 0.358 e. The molecule has 3 aromatic rings. The normalized spacial score (nSPS) is 10.8. The number of amides is 1. The van der Waals surface area contributed by atoms with Crippen molar-refractivity contribution in [3.8, 4) is 6.07 Å². The van der Waals surface area contributed by atoms with Crippen LogP contribution >= 0.6 is 11.8 Å². The Balaban J connectivity index is 1.75. The summed E-state index contributed by atoms with van der Waals surface area (Å²) in [6.07, 6.45) is 1.20.